The lowest BCUT2D eigenvalue weighted by atomic mass is 10.1. The third-order valence-corrected chi connectivity index (χ3v) is 4.02. The van der Waals surface area contributed by atoms with E-state index in [9.17, 15) is 5.11 Å². The van der Waals surface area contributed by atoms with Crippen LogP contribution in [0.25, 0.3) is 11.0 Å². The maximum atomic E-state index is 10.4. The summed E-state index contributed by atoms with van der Waals surface area (Å²) in [5, 5.41) is 15.4. The Balaban J connectivity index is 2.07. The fraction of sp³-hybridized carbons (Fsp3) is 0.286. The molecule has 0 aliphatic heterocycles. The average Bonchev–Trinajstić information content (AvgIpc) is 3.04. The summed E-state index contributed by atoms with van der Waals surface area (Å²) in [6, 6.07) is 7.84. The van der Waals surface area contributed by atoms with Gasteiger partial charge in [-0.25, -0.2) is 0 Å². The van der Waals surface area contributed by atoms with Crippen molar-refractivity contribution < 1.29 is 9.52 Å². The van der Waals surface area contributed by atoms with E-state index in [0.29, 0.717) is 5.76 Å². The predicted molar refractivity (Wildman–Crippen MR) is 74.3 cm³/mol. The van der Waals surface area contributed by atoms with Gasteiger partial charge in [0, 0.05) is 5.39 Å². The number of nitrogens with zero attached hydrogens (tertiary/aromatic N) is 2. The number of benzene rings is 1. The summed E-state index contributed by atoms with van der Waals surface area (Å²) in [5.41, 5.74) is 2.72. The van der Waals surface area contributed by atoms with Gasteiger partial charge in [-0.2, -0.15) is 0 Å². The molecule has 0 aliphatic carbocycles. The molecule has 5 heteroatoms. The van der Waals surface area contributed by atoms with Crippen LogP contribution in [0.5, 0.6) is 0 Å². The van der Waals surface area contributed by atoms with Gasteiger partial charge in [-0.3, -0.25) is 0 Å². The molecule has 0 aliphatic rings. The van der Waals surface area contributed by atoms with Crippen molar-refractivity contribution in [2.75, 3.05) is 0 Å². The molecule has 0 saturated heterocycles. The number of aliphatic hydroxyl groups excluding tert-OH is 1. The highest BCUT2D eigenvalue weighted by molar-refractivity contribution is 7.05. The summed E-state index contributed by atoms with van der Waals surface area (Å²) in [6.07, 6.45) is -0.0379. The van der Waals surface area contributed by atoms with Crippen LogP contribution in [0.3, 0.4) is 0 Å². The third kappa shape index (κ3) is 2.05. The monoisotopic (exact) mass is 274 g/mol. The molecule has 1 atom stereocenters. The third-order valence-electron chi connectivity index (χ3n) is 3.20. The Morgan fingerprint density at radius 2 is 2.26 bits per heavy atom. The summed E-state index contributed by atoms with van der Waals surface area (Å²) in [6.45, 7) is 3.99. The first kappa shape index (κ1) is 12.3. The van der Waals surface area contributed by atoms with Crippen molar-refractivity contribution in [3.63, 3.8) is 0 Å². The van der Waals surface area contributed by atoms with Gasteiger partial charge in [0.2, 0.25) is 0 Å². The van der Waals surface area contributed by atoms with Gasteiger partial charge in [0.15, 0.2) is 0 Å². The lowest BCUT2D eigenvalue weighted by Crippen LogP contribution is -1.99. The molecule has 1 unspecified atom stereocenters. The number of hydrogen-bond donors (Lipinski definition) is 1. The average molecular weight is 274 g/mol. The van der Waals surface area contributed by atoms with Crippen molar-refractivity contribution in [3.05, 3.63) is 46.2 Å². The lowest BCUT2D eigenvalue weighted by Gasteiger charge is -2.05. The van der Waals surface area contributed by atoms with E-state index in [2.05, 4.69) is 9.59 Å². The van der Waals surface area contributed by atoms with Gasteiger partial charge in [0.1, 0.15) is 17.4 Å². The highest BCUT2D eigenvalue weighted by Crippen LogP contribution is 2.32. The molecule has 0 amide bonds. The first-order valence-corrected chi connectivity index (χ1v) is 6.96. The van der Waals surface area contributed by atoms with E-state index in [-0.39, 0.29) is 0 Å². The van der Waals surface area contributed by atoms with E-state index in [1.165, 1.54) is 11.5 Å². The molecule has 98 valence electrons. The van der Waals surface area contributed by atoms with Crippen molar-refractivity contribution in [2.24, 2.45) is 0 Å². The van der Waals surface area contributed by atoms with Gasteiger partial charge in [-0.15, -0.1) is 5.10 Å². The predicted octanol–water partition coefficient (Wildman–Crippen LogP) is 3.24. The van der Waals surface area contributed by atoms with Crippen LogP contribution in [0.15, 0.2) is 28.7 Å². The minimum Gasteiger partial charge on any atom is -0.458 e. The summed E-state index contributed by atoms with van der Waals surface area (Å²) in [7, 11) is 0. The van der Waals surface area contributed by atoms with E-state index in [0.717, 1.165) is 33.5 Å². The second kappa shape index (κ2) is 4.75. The van der Waals surface area contributed by atoms with Crippen LogP contribution < -0.4 is 0 Å². The van der Waals surface area contributed by atoms with Gasteiger partial charge in [0.05, 0.1) is 10.6 Å². The first-order chi connectivity index (χ1) is 9.20. The van der Waals surface area contributed by atoms with Gasteiger partial charge in [-0.05, 0) is 36.5 Å². The Morgan fingerprint density at radius 3 is 3.00 bits per heavy atom. The molecular weight excluding hydrogens is 260 g/mol. The van der Waals surface area contributed by atoms with Crippen molar-refractivity contribution in [2.45, 2.75) is 26.4 Å². The molecule has 1 aromatic carbocycles. The van der Waals surface area contributed by atoms with E-state index in [4.69, 9.17) is 4.42 Å². The number of aromatic nitrogens is 2. The number of para-hydroxylation sites is 1. The molecule has 1 N–H and O–H groups in total. The van der Waals surface area contributed by atoms with Crippen LogP contribution in [0.1, 0.15) is 34.9 Å². The quantitative estimate of drug-likeness (QED) is 0.796. The number of aliphatic hydroxyl groups is 1. The van der Waals surface area contributed by atoms with E-state index >= 15 is 0 Å². The Hall–Kier alpha value is -1.72. The molecule has 0 spiro atoms. The number of fused-ring (bicyclic) bond motifs is 1. The van der Waals surface area contributed by atoms with Gasteiger partial charge >= 0.3 is 0 Å². The van der Waals surface area contributed by atoms with Crippen molar-refractivity contribution >= 4 is 22.5 Å². The molecule has 0 saturated carbocycles. The highest BCUT2D eigenvalue weighted by Gasteiger charge is 2.21. The van der Waals surface area contributed by atoms with Gasteiger partial charge in [0.25, 0.3) is 0 Å². The normalized spacial score (nSPS) is 13.0. The Kier molecular flexibility index (Phi) is 3.08. The molecule has 4 nitrogen and oxygen atoms in total. The van der Waals surface area contributed by atoms with Gasteiger partial charge in [-0.1, -0.05) is 29.6 Å². The Bertz CT molecular complexity index is 717. The zero-order valence-corrected chi connectivity index (χ0v) is 11.6. The molecule has 0 bridgehead atoms. The lowest BCUT2D eigenvalue weighted by molar-refractivity contribution is 0.194. The molecule has 3 aromatic rings. The second-order valence-electron chi connectivity index (χ2n) is 4.48. The number of aryl methyl sites for hydroxylation is 2. The standard InChI is InChI=1S/C14H14N2O2S/c1-3-10-14(19-16-15-10)12(17)11-7-9-6-4-5-8(2)13(9)18-11/h4-7,12,17H,3H2,1-2H3. The number of rotatable bonds is 3. The van der Waals surface area contributed by atoms with Crippen molar-refractivity contribution in [1.82, 2.24) is 9.59 Å². The van der Waals surface area contributed by atoms with Crippen LogP contribution in [-0.4, -0.2) is 14.7 Å². The zero-order valence-electron chi connectivity index (χ0n) is 10.8. The first-order valence-electron chi connectivity index (χ1n) is 6.19. The summed E-state index contributed by atoms with van der Waals surface area (Å²) in [5.74, 6) is 0.546. The smallest absolute Gasteiger partial charge is 0.149 e. The highest BCUT2D eigenvalue weighted by atomic mass is 32.1. The molecule has 0 radical (unpaired) electrons. The number of furan rings is 1. The minimum absolute atomic E-state index is 0.546. The van der Waals surface area contributed by atoms with Crippen molar-refractivity contribution in [1.29, 1.82) is 0 Å². The Labute approximate surface area is 114 Å². The van der Waals surface area contributed by atoms with Crippen LogP contribution in [0.4, 0.5) is 0 Å². The second-order valence-corrected chi connectivity index (χ2v) is 5.27. The summed E-state index contributed by atoms with van der Waals surface area (Å²) < 4.78 is 9.69. The zero-order chi connectivity index (χ0) is 13.4. The maximum Gasteiger partial charge on any atom is 0.149 e. The fourth-order valence-corrected chi connectivity index (χ4v) is 2.89. The molecule has 19 heavy (non-hydrogen) atoms. The molecular formula is C14H14N2O2S. The molecule has 0 fully saturated rings. The fourth-order valence-electron chi connectivity index (χ4n) is 2.16. The van der Waals surface area contributed by atoms with E-state index in [1.54, 1.807) is 0 Å². The molecule has 3 rings (SSSR count). The topological polar surface area (TPSA) is 59.2 Å². The van der Waals surface area contributed by atoms with Crippen molar-refractivity contribution in [3.8, 4) is 0 Å². The largest absolute Gasteiger partial charge is 0.458 e. The maximum absolute atomic E-state index is 10.4. The van der Waals surface area contributed by atoms with Gasteiger partial charge < -0.3 is 9.52 Å². The molecule has 2 heterocycles. The van der Waals surface area contributed by atoms with Crippen LogP contribution in [0, 0.1) is 6.92 Å². The summed E-state index contributed by atoms with van der Waals surface area (Å²) in [4.78, 5) is 0.763. The molecule has 2 aromatic heterocycles. The SMILES string of the molecule is CCc1nnsc1C(O)c1cc2cccc(C)c2o1. The summed E-state index contributed by atoms with van der Waals surface area (Å²) >= 11 is 1.22. The van der Waals surface area contributed by atoms with E-state index in [1.807, 2.05) is 38.1 Å². The number of hydrogen-bond acceptors (Lipinski definition) is 5. The van der Waals surface area contributed by atoms with Crippen LogP contribution in [-0.2, 0) is 6.42 Å². The van der Waals surface area contributed by atoms with Crippen LogP contribution in [0.2, 0.25) is 0 Å². The Morgan fingerprint density at radius 1 is 1.42 bits per heavy atom. The minimum atomic E-state index is -0.790. The van der Waals surface area contributed by atoms with E-state index < -0.39 is 6.10 Å². The van der Waals surface area contributed by atoms with Crippen LogP contribution >= 0.6 is 11.5 Å².